The lowest BCUT2D eigenvalue weighted by atomic mass is 10.1. The van der Waals surface area contributed by atoms with Crippen LogP contribution in [0.3, 0.4) is 0 Å². The highest BCUT2D eigenvalue weighted by Gasteiger charge is 2.37. The maximum absolute atomic E-state index is 12.8. The van der Waals surface area contributed by atoms with E-state index in [0.717, 1.165) is 25.7 Å². The Bertz CT molecular complexity index is 549. The van der Waals surface area contributed by atoms with Crippen molar-refractivity contribution in [3.05, 3.63) is 15.9 Å². The number of hydrogen-bond donors (Lipinski definition) is 1. The number of nitrogens with one attached hydrogen (secondary N) is 1. The molecule has 1 heterocycles. The Hall–Kier alpha value is -1.05. The smallest absolute Gasteiger partial charge is 0.353 e. The Morgan fingerprint density at radius 3 is 2.43 bits per heavy atom. The summed E-state index contributed by atoms with van der Waals surface area (Å²) in [5.41, 5.74) is -0.571. The first-order valence-electron chi connectivity index (χ1n) is 7.88. The van der Waals surface area contributed by atoms with Crippen LogP contribution < -0.4 is 5.32 Å². The van der Waals surface area contributed by atoms with Crippen molar-refractivity contribution in [2.75, 3.05) is 0 Å². The first-order chi connectivity index (χ1) is 10.8. The Kier molecular flexibility index (Phi) is 6.11. The number of nitrogens with zero attached hydrogens (tertiary/aromatic N) is 2. The van der Waals surface area contributed by atoms with E-state index in [-0.39, 0.29) is 29.4 Å². The molecule has 0 aliphatic heterocycles. The number of carbonyl (C=O) groups is 1. The summed E-state index contributed by atoms with van der Waals surface area (Å²) in [5, 5.41) is 6.57. The third kappa shape index (κ3) is 4.96. The van der Waals surface area contributed by atoms with Crippen LogP contribution in [0.2, 0.25) is 0 Å². The fourth-order valence-electron chi connectivity index (χ4n) is 2.85. The monoisotopic (exact) mass is 395 g/mol. The molecule has 1 aliphatic rings. The Balaban J connectivity index is 1.91. The largest absolute Gasteiger partial charge is 0.436 e. The van der Waals surface area contributed by atoms with Gasteiger partial charge in [0.2, 0.25) is 5.91 Å². The van der Waals surface area contributed by atoms with E-state index < -0.39 is 11.9 Å². The van der Waals surface area contributed by atoms with Gasteiger partial charge in [-0.1, -0.05) is 25.7 Å². The van der Waals surface area contributed by atoms with E-state index in [1.54, 1.807) is 6.92 Å². The van der Waals surface area contributed by atoms with Crippen molar-refractivity contribution in [3.63, 3.8) is 0 Å². The van der Waals surface area contributed by atoms with E-state index in [1.807, 2.05) is 0 Å². The number of aromatic nitrogens is 2. The first kappa shape index (κ1) is 18.3. The minimum absolute atomic E-state index is 0.0609. The average molecular weight is 396 g/mol. The van der Waals surface area contributed by atoms with E-state index in [9.17, 15) is 18.0 Å². The molecule has 2 rings (SSSR count). The number of aryl methyl sites for hydroxylation is 1. The number of rotatable bonds is 4. The van der Waals surface area contributed by atoms with Gasteiger partial charge in [-0.25, -0.2) is 0 Å². The fourth-order valence-corrected chi connectivity index (χ4v) is 3.36. The molecule has 0 atom stereocenters. The van der Waals surface area contributed by atoms with Gasteiger partial charge in [-0.3, -0.25) is 9.48 Å². The number of halogens is 4. The van der Waals surface area contributed by atoms with Gasteiger partial charge in [-0.2, -0.15) is 18.3 Å². The van der Waals surface area contributed by atoms with Crippen molar-refractivity contribution in [3.8, 4) is 0 Å². The van der Waals surface area contributed by atoms with Crippen molar-refractivity contribution in [1.29, 1.82) is 0 Å². The molecule has 0 unspecified atom stereocenters. The van der Waals surface area contributed by atoms with Crippen LogP contribution in [0, 0.1) is 6.92 Å². The van der Waals surface area contributed by atoms with Gasteiger partial charge < -0.3 is 5.32 Å². The Morgan fingerprint density at radius 1 is 1.30 bits per heavy atom. The molecule has 23 heavy (non-hydrogen) atoms. The van der Waals surface area contributed by atoms with Crippen LogP contribution in [0.4, 0.5) is 13.2 Å². The zero-order chi connectivity index (χ0) is 17.0. The molecular weight excluding hydrogens is 375 g/mol. The number of alkyl halides is 3. The highest BCUT2D eigenvalue weighted by molar-refractivity contribution is 9.10. The van der Waals surface area contributed by atoms with Gasteiger partial charge in [-0.05, 0) is 35.7 Å². The fraction of sp³-hybridized carbons (Fsp3) is 0.733. The van der Waals surface area contributed by atoms with Crippen molar-refractivity contribution in [1.82, 2.24) is 15.1 Å². The normalized spacial score (nSPS) is 17.1. The summed E-state index contributed by atoms with van der Waals surface area (Å²) in [5.74, 6) is -0.128. The standard InChI is InChI=1S/C15H21BrF3N3O/c1-10-13(16)14(15(17,18)19)21-22(10)9-8-12(23)20-11-6-4-2-3-5-7-11/h11H,2-9H2,1H3,(H,20,23). The number of hydrogen-bond acceptors (Lipinski definition) is 2. The zero-order valence-corrected chi connectivity index (χ0v) is 14.6. The second-order valence-corrected chi connectivity index (χ2v) is 6.77. The summed E-state index contributed by atoms with van der Waals surface area (Å²) in [6.45, 7) is 1.69. The molecule has 1 amide bonds. The van der Waals surface area contributed by atoms with Gasteiger partial charge in [-0.15, -0.1) is 0 Å². The van der Waals surface area contributed by atoms with Crippen LogP contribution >= 0.6 is 15.9 Å². The SMILES string of the molecule is Cc1c(Br)c(C(F)(F)F)nn1CCC(=O)NC1CCCCCC1. The minimum atomic E-state index is -4.50. The average Bonchev–Trinajstić information content (AvgIpc) is 2.66. The lowest BCUT2D eigenvalue weighted by Gasteiger charge is -2.16. The zero-order valence-electron chi connectivity index (χ0n) is 13.0. The Morgan fingerprint density at radius 2 is 1.91 bits per heavy atom. The molecule has 0 radical (unpaired) electrons. The van der Waals surface area contributed by atoms with Gasteiger partial charge >= 0.3 is 6.18 Å². The molecule has 0 saturated heterocycles. The van der Waals surface area contributed by atoms with E-state index in [2.05, 4.69) is 26.3 Å². The minimum Gasteiger partial charge on any atom is -0.353 e. The topological polar surface area (TPSA) is 46.9 Å². The van der Waals surface area contributed by atoms with Crippen LogP contribution in [-0.4, -0.2) is 21.7 Å². The predicted molar refractivity (Wildman–Crippen MR) is 83.9 cm³/mol. The lowest BCUT2D eigenvalue weighted by molar-refractivity contribution is -0.142. The third-order valence-electron chi connectivity index (χ3n) is 4.17. The molecular formula is C15H21BrF3N3O. The molecule has 130 valence electrons. The van der Waals surface area contributed by atoms with Crippen molar-refractivity contribution in [2.45, 2.75) is 70.6 Å². The van der Waals surface area contributed by atoms with Crippen molar-refractivity contribution in [2.24, 2.45) is 0 Å². The Labute approximate surface area is 141 Å². The highest BCUT2D eigenvalue weighted by Crippen LogP contribution is 2.35. The summed E-state index contributed by atoms with van der Waals surface area (Å²) in [6.07, 6.45) is 2.23. The van der Waals surface area contributed by atoms with Gasteiger partial charge in [0, 0.05) is 12.5 Å². The molecule has 1 N–H and O–H groups in total. The number of carbonyl (C=O) groups excluding carboxylic acids is 1. The maximum Gasteiger partial charge on any atom is 0.436 e. The van der Waals surface area contributed by atoms with Gasteiger partial charge in [0.15, 0.2) is 5.69 Å². The molecule has 4 nitrogen and oxygen atoms in total. The second kappa shape index (κ2) is 7.68. The molecule has 0 spiro atoms. The first-order valence-corrected chi connectivity index (χ1v) is 8.68. The van der Waals surface area contributed by atoms with Gasteiger partial charge in [0.1, 0.15) is 0 Å². The summed E-state index contributed by atoms with van der Waals surface area (Å²) < 4.78 is 39.6. The molecule has 1 aliphatic carbocycles. The van der Waals surface area contributed by atoms with E-state index in [1.165, 1.54) is 17.5 Å². The molecule has 0 aromatic carbocycles. The van der Waals surface area contributed by atoms with Gasteiger partial charge in [0.05, 0.1) is 16.7 Å². The van der Waals surface area contributed by atoms with E-state index in [4.69, 9.17) is 0 Å². The maximum atomic E-state index is 12.8. The summed E-state index contributed by atoms with van der Waals surface area (Å²) in [4.78, 5) is 12.0. The molecule has 0 bridgehead atoms. The van der Waals surface area contributed by atoms with Crippen LogP contribution in [-0.2, 0) is 17.5 Å². The molecule has 1 aromatic heterocycles. The second-order valence-electron chi connectivity index (χ2n) is 5.97. The van der Waals surface area contributed by atoms with E-state index in [0.29, 0.717) is 5.69 Å². The summed E-state index contributed by atoms with van der Waals surface area (Å²) >= 11 is 2.93. The van der Waals surface area contributed by atoms with Gasteiger partial charge in [0.25, 0.3) is 0 Å². The molecule has 1 saturated carbocycles. The van der Waals surface area contributed by atoms with Crippen molar-refractivity contribution < 1.29 is 18.0 Å². The van der Waals surface area contributed by atoms with Crippen LogP contribution in [0.15, 0.2) is 4.47 Å². The number of amides is 1. The lowest BCUT2D eigenvalue weighted by Crippen LogP contribution is -2.34. The summed E-state index contributed by atoms with van der Waals surface area (Å²) in [6, 6.07) is 0.196. The molecule has 8 heteroatoms. The molecule has 1 fully saturated rings. The van der Waals surface area contributed by atoms with E-state index >= 15 is 0 Å². The van der Waals surface area contributed by atoms with Crippen LogP contribution in [0.1, 0.15) is 56.3 Å². The van der Waals surface area contributed by atoms with Crippen LogP contribution in [0.5, 0.6) is 0 Å². The van der Waals surface area contributed by atoms with Crippen LogP contribution in [0.25, 0.3) is 0 Å². The highest BCUT2D eigenvalue weighted by atomic mass is 79.9. The quantitative estimate of drug-likeness (QED) is 0.776. The third-order valence-corrected chi connectivity index (χ3v) is 5.12. The molecule has 1 aromatic rings. The summed E-state index contributed by atoms with van der Waals surface area (Å²) in [7, 11) is 0. The predicted octanol–water partition coefficient (Wildman–Crippen LogP) is 4.20. The van der Waals surface area contributed by atoms with Crippen molar-refractivity contribution >= 4 is 21.8 Å².